The van der Waals surface area contributed by atoms with Crippen molar-refractivity contribution in [3.63, 3.8) is 0 Å². The van der Waals surface area contributed by atoms with Gasteiger partial charge in [-0.05, 0) is 24.3 Å². The maximum atomic E-state index is 13.8. The van der Waals surface area contributed by atoms with E-state index in [1.807, 2.05) is 0 Å². The number of hydrogen-bond acceptors (Lipinski definition) is 2. The van der Waals surface area contributed by atoms with Crippen molar-refractivity contribution in [2.24, 2.45) is 0 Å². The minimum absolute atomic E-state index is 0.0230. The highest BCUT2D eigenvalue weighted by Gasteiger charge is 2.18. The SMILES string of the molecule is Fc1cccc(F)c1-c1nc(Cl)c2c(Cl)ccc(Cl)c2n1. The molecule has 0 amide bonds. The predicted molar refractivity (Wildman–Crippen MR) is 79.9 cm³/mol. The van der Waals surface area contributed by atoms with Gasteiger partial charge in [0.2, 0.25) is 0 Å². The predicted octanol–water partition coefficient (Wildman–Crippen LogP) is 5.54. The molecule has 0 radical (unpaired) electrons. The van der Waals surface area contributed by atoms with E-state index in [0.717, 1.165) is 12.1 Å². The number of fused-ring (bicyclic) bond motifs is 1. The Bertz CT molecular complexity index is 848. The van der Waals surface area contributed by atoms with Crippen LogP contribution in [0, 0.1) is 11.6 Å². The molecule has 0 saturated heterocycles. The molecule has 7 heteroatoms. The van der Waals surface area contributed by atoms with E-state index in [2.05, 4.69) is 9.97 Å². The van der Waals surface area contributed by atoms with E-state index in [-0.39, 0.29) is 27.1 Å². The van der Waals surface area contributed by atoms with E-state index in [1.54, 1.807) is 6.07 Å². The largest absolute Gasteiger partial charge is 0.226 e. The van der Waals surface area contributed by atoms with E-state index < -0.39 is 11.6 Å². The molecule has 2 nitrogen and oxygen atoms in total. The van der Waals surface area contributed by atoms with E-state index >= 15 is 0 Å². The van der Waals surface area contributed by atoms with E-state index in [1.165, 1.54) is 12.1 Å². The fraction of sp³-hybridized carbons (Fsp3) is 0. The van der Waals surface area contributed by atoms with Crippen LogP contribution >= 0.6 is 34.8 Å². The summed E-state index contributed by atoms with van der Waals surface area (Å²) in [6, 6.07) is 6.54. The highest BCUT2D eigenvalue weighted by molar-refractivity contribution is 6.44. The summed E-state index contributed by atoms with van der Waals surface area (Å²) in [5, 5.41) is 0.883. The molecule has 0 bridgehead atoms. The highest BCUT2D eigenvalue weighted by Crippen LogP contribution is 2.35. The van der Waals surface area contributed by atoms with Gasteiger partial charge in [-0.3, -0.25) is 0 Å². The molecule has 21 heavy (non-hydrogen) atoms. The molecule has 0 unspecified atom stereocenters. The second-order valence-corrected chi connectivity index (χ2v) is 5.36. The zero-order valence-corrected chi connectivity index (χ0v) is 12.4. The standard InChI is InChI=1S/C14H5Cl3F2N2/c15-6-4-5-7(16)12-10(6)13(17)21-14(20-12)11-8(18)2-1-3-9(11)19/h1-5H. The first kappa shape index (κ1) is 14.4. The third-order valence-corrected chi connectivity index (χ3v) is 3.79. The fourth-order valence-corrected chi connectivity index (χ4v) is 2.71. The Balaban J connectivity index is 2.39. The van der Waals surface area contributed by atoms with Gasteiger partial charge < -0.3 is 0 Å². The van der Waals surface area contributed by atoms with Crippen molar-refractivity contribution in [2.75, 3.05) is 0 Å². The molecule has 3 aromatic rings. The highest BCUT2D eigenvalue weighted by atomic mass is 35.5. The summed E-state index contributed by atoms with van der Waals surface area (Å²) in [6.45, 7) is 0. The number of rotatable bonds is 1. The molecule has 106 valence electrons. The topological polar surface area (TPSA) is 25.8 Å². The van der Waals surface area contributed by atoms with Crippen molar-refractivity contribution >= 4 is 45.7 Å². The lowest BCUT2D eigenvalue weighted by molar-refractivity contribution is 0.587. The summed E-state index contributed by atoms with van der Waals surface area (Å²) in [7, 11) is 0. The van der Waals surface area contributed by atoms with Crippen LogP contribution in [0.25, 0.3) is 22.3 Å². The molecule has 0 N–H and O–H groups in total. The molecule has 0 saturated carbocycles. The second-order valence-electron chi connectivity index (χ2n) is 4.19. The Morgan fingerprint density at radius 2 is 1.43 bits per heavy atom. The van der Waals surface area contributed by atoms with Crippen LogP contribution in [0.4, 0.5) is 8.78 Å². The Labute approximate surface area is 133 Å². The third kappa shape index (κ3) is 2.44. The molecule has 0 aliphatic heterocycles. The van der Waals surface area contributed by atoms with Gasteiger partial charge in [-0.25, -0.2) is 18.7 Å². The van der Waals surface area contributed by atoms with Crippen LogP contribution < -0.4 is 0 Å². The first-order chi connectivity index (χ1) is 9.99. The fourth-order valence-electron chi connectivity index (χ4n) is 1.95. The van der Waals surface area contributed by atoms with Crippen LogP contribution in [0.3, 0.4) is 0 Å². The Morgan fingerprint density at radius 1 is 0.810 bits per heavy atom. The van der Waals surface area contributed by atoms with E-state index in [0.29, 0.717) is 10.4 Å². The molecular formula is C14H5Cl3F2N2. The van der Waals surface area contributed by atoms with Gasteiger partial charge in [0.15, 0.2) is 5.82 Å². The second kappa shape index (κ2) is 5.37. The van der Waals surface area contributed by atoms with Gasteiger partial charge in [-0.15, -0.1) is 0 Å². The number of hydrogen-bond donors (Lipinski definition) is 0. The summed E-state index contributed by atoms with van der Waals surface area (Å²) in [6.07, 6.45) is 0. The molecule has 2 aromatic carbocycles. The molecule has 0 aliphatic rings. The number of benzene rings is 2. The Hall–Kier alpha value is -1.49. The lowest BCUT2D eigenvalue weighted by Gasteiger charge is -2.08. The lowest BCUT2D eigenvalue weighted by Crippen LogP contribution is -1.98. The van der Waals surface area contributed by atoms with Crippen LogP contribution in [0.5, 0.6) is 0 Å². The summed E-state index contributed by atoms with van der Waals surface area (Å²) >= 11 is 18.1. The van der Waals surface area contributed by atoms with Crippen LogP contribution in [0.1, 0.15) is 0 Å². The first-order valence-corrected chi connectivity index (χ1v) is 6.88. The van der Waals surface area contributed by atoms with Crippen molar-refractivity contribution in [1.82, 2.24) is 9.97 Å². The quantitative estimate of drug-likeness (QED) is 0.542. The van der Waals surface area contributed by atoms with Crippen LogP contribution in [0.2, 0.25) is 15.2 Å². The van der Waals surface area contributed by atoms with Crippen LogP contribution in [-0.4, -0.2) is 9.97 Å². The normalized spacial score (nSPS) is 11.1. The monoisotopic (exact) mass is 344 g/mol. The molecule has 0 aliphatic carbocycles. The molecule has 1 heterocycles. The molecule has 0 spiro atoms. The van der Waals surface area contributed by atoms with Crippen molar-refractivity contribution < 1.29 is 8.78 Å². The molecule has 0 atom stereocenters. The first-order valence-electron chi connectivity index (χ1n) is 5.74. The zero-order valence-electron chi connectivity index (χ0n) is 10.2. The van der Waals surface area contributed by atoms with Crippen LogP contribution in [0.15, 0.2) is 30.3 Å². The Kier molecular flexibility index (Phi) is 3.69. The number of halogens is 5. The summed E-state index contributed by atoms with van der Waals surface area (Å²) < 4.78 is 27.7. The molecule has 3 rings (SSSR count). The minimum atomic E-state index is -0.788. The van der Waals surface area contributed by atoms with Gasteiger partial charge in [0.25, 0.3) is 0 Å². The number of nitrogens with zero attached hydrogens (tertiary/aromatic N) is 2. The van der Waals surface area contributed by atoms with Gasteiger partial charge in [0, 0.05) is 0 Å². The van der Waals surface area contributed by atoms with Crippen molar-refractivity contribution in [1.29, 1.82) is 0 Å². The van der Waals surface area contributed by atoms with Crippen molar-refractivity contribution in [3.05, 3.63) is 57.2 Å². The summed E-state index contributed by atoms with van der Waals surface area (Å²) in [5.41, 5.74) is -0.126. The van der Waals surface area contributed by atoms with E-state index in [4.69, 9.17) is 34.8 Å². The smallest absolute Gasteiger partial charge is 0.167 e. The zero-order chi connectivity index (χ0) is 15.1. The van der Waals surface area contributed by atoms with Gasteiger partial charge in [0.05, 0.1) is 26.5 Å². The molecule has 0 fully saturated rings. The maximum absolute atomic E-state index is 13.8. The van der Waals surface area contributed by atoms with Crippen molar-refractivity contribution in [3.8, 4) is 11.4 Å². The van der Waals surface area contributed by atoms with Gasteiger partial charge in [0.1, 0.15) is 16.8 Å². The van der Waals surface area contributed by atoms with Gasteiger partial charge in [-0.2, -0.15) is 0 Å². The maximum Gasteiger partial charge on any atom is 0.167 e. The molecular weight excluding hydrogens is 341 g/mol. The van der Waals surface area contributed by atoms with Gasteiger partial charge in [-0.1, -0.05) is 40.9 Å². The molecule has 1 aromatic heterocycles. The van der Waals surface area contributed by atoms with E-state index in [9.17, 15) is 8.78 Å². The number of aromatic nitrogens is 2. The lowest BCUT2D eigenvalue weighted by atomic mass is 10.1. The van der Waals surface area contributed by atoms with Crippen LogP contribution in [-0.2, 0) is 0 Å². The third-order valence-electron chi connectivity index (χ3n) is 2.89. The van der Waals surface area contributed by atoms with Crippen molar-refractivity contribution in [2.45, 2.75) is 0 Å². The minimum Gasteiger partial charge on any atom is -0.226 e. The average Bonchev–Trinajstić information content (AvgIpc) is 2.42. The Morgan fingerprint density at radius 3 is 2.10 bits per heavy atom. The summed E-state index contributed by atoms with van der Waals surface area (Å²) in [4.78, 5) is 8.02. The van der Waals surface area contributed by atoms with Gasteiger partial charge >= 0.3 is 0 Å². The summed E-state index contributed by atoms with van der Waals surface area (Å²) in [5.74, 6) is -1.76. The average molecular weight is 346 g/mol.